The Labute approximate surface area is 117 Å². The highest BCUT2D eigenvalue weighted by Gasteiger charge is 2.21. The van der Waals surface area contributed by atoms with E-state index in [0.717, 1.165) is 0 Å². The van der Waals surface area contributed by atoms with Crippen molar-refractivity contribution in [1.82, 2.24) is 5.32 Å². The average molecular weight is 282 g/mol. The van der Waals surface area contributed by atoms with Gasteiger partial charge in [0.2, 0.25) is 0 Å². The topological polar surface area (TPSA) is 78.4 Å². The molecule has 0 bridgehead atoms. The molecule has 0 fully saturated rings. The van der Waals surface area contributed by atoms with Crippen molar-refractivity contribution in [2.24, 2.45) is 5.92 Å². The summed E-state index contributed by atoms with van der Waals surface area (Å²) in [6.45, 7) is 5.27. The molecule has 1 atom stereocenters. The fraction of sp³-hybridized carbons (Fsp3) is 0.429. The highest BCUT2D eigenvalue weighted by Crippen LogP contribution is 2.17. The Balaban J connectivity index is 2.71. The molecule has 5 nitrogen and oxygen atoms in total. The zero-order valence-corrected chi connectivity index (χ0v) is 11.7. The van der Waals surface area contributed by atoms with Gasteiger partial charge in [0.05, 0.1) is 0 Å². The quantitative estimate of drug-likeness (QED) is 0.777. The smallest absolute Gasteiger partial charge is 0.326 e. The van der Waals surface area contributed by atoms with Crippen molar-refractivity contribution in [3.8, 4) is 0 Å². The van der Waals surface area contributed by atoms with E-state index in [1.165, 1.54) is 19.1 Å². The largest absolute Gasteiger partial charge is 0.480 e. The first kappa shape index (κ1) is 15.9. The van der Waals surface area contributed by atoms with Crippen molar-refractivity contribution in [2.45, 2.75) is 33.2 Å². The predicted octanol–water partition coefficient (Wildman–Crippen LogP) is 2.75. The lowest BCUT2D eigenvalue weighted by molar-refractivity contribution is -0.139. The van der Waals surface area contributed by atoms with E-state index in [0.29, 0.717) is 17.7 Å². The number of benzene rings is 1. The van der Waals surface area contributed by atoms with Crippen LogP contribution in [0.1, 0.15) is 25.8 Å². The molecule has 0 radical (unpaired) electrons. The lowest BCUT2D eigenvalue weighted by Crippen LogP contribution is -2.43. The van der Waals surface area contributed by atoms with Crippen molar-refractivity contribution in [1.29, 1.82) is 0 Å². The van der Waals surface area contributed by atoms with Gasteiger partial charge in [0.15, 0.2) is 0 Å². The van der Waals surface area contributed by atoms with Gasteiger partial charge in [-0.25, -0.2) is 14.0 Å². The first-order chi connectivity index (χ1) is 9.31. The summed E-state index contributed by atoms with van der Waals surface area (Å²) in [5.41, 5.74) is 0.620. The minimum atomic E-state index is -1.09. The number of anilines is 1. The van der Waals surface area contributed by atoms with E-state index in [4.69, 9.17) is 5.11 Å². The van der Waals surface area contributed by atoms with Gasteiger partial charge in [-0.15, -0.1) is 0 Å². The SMILES string of the molecule is Cc1c(F)cccc1NC(=O)NC(CC(C)C)C(=O)O. The van der Waals surface area contributed by atoms with Gasteiger partial charge in [0, 0.05) is 11.3 Å². The second-order valence-corrected chi connectivity index (χ2v) is 5.03. The normalized spacial score (nSPS) is 12.1. The summed E-state index contributed by atoms with van der Waals surface area (Å²) in [6.07, 6.45) is 0.324. The number of carboxylic acid groups (broad SMARTS) is 1. The average Bonchev–Trinajstić information content (AvgIpc) is 2.33. The first-order valence-electron chi connectivity index (χ1n) is 6.36. The molecule has 6 heteroatoms. The summed E-state index contributed by atoms with van der Waals surface area (Å²) < 4.78 is 13.3. The Hall–Kier alpha value is -2.11. The fourth-order valence-corrected chi connectivity index (χ4v) is 1.75. The van der Waals surface area contributed by atoms with Crippen LogP contribution in [0.25, 0.3) is 0 Å². The lowest BCUT2D eigenvalue weighted by atomic mass is 10.0. The van der Waals surface area contributed by atoms with Crippen LogP contribution >= 0.6 is 0 Å². The van der Waals surface area contributed by atoms with Gasteiger partial charge in [0.1, 0.15) is 11.9 Å². The molecule has 0 saturated heterocycles. The summed E-state index contributed by atoms with van der Waals surface area (Å²) in [5, 5.41) is 13.9. The number of carboxylic acids is 1. The number of urea groups is 1. The van der Waals surface area contributed by atoms with Crippen LogP contribution in [0.4, 0.5) is 14.9 Å². The van der Waals surface area contributed by atoms with Gasteiger partial charge in [0.25, 0.3) is 0 Å². The first-order valence-corrected chi connectivity index (χ1v) is 6.36. The molecule has 1 rings (SSSR count). The molecule has 0 spiro atoms. The van der Waals surface area contributed by atoms with Gasteiger partial charge >= 0.3 is 12.0 Å². The van der Waals surface area contributed by atoms with E-state index >= 15 is 0 Å². The summed E-state index contributed by atoms with van der Waals surface area (Å²) in [6, 6.07) is 2.68. The molecule has 0 aromatic heterocycles. The molecule has 1 unspecified atom stereocenters. The maximum absolute atomic E-state index is 13.3. The molecule has 0 heterocycles. The maximum Gasteiger partial charge on any atom is 0.326 e. The molecule has 110 valence electrons. The summed E-state index contributed by atoms with van der Waals surface area (Å²) >= 11 is 0. The second-order valence-electron chi connectivity index (χ2n) is 5.03. The number of carbonyl (C=O) groups excluding carboxylic acids is 1. The molecule has 2 amide bonds. The number of amides is 2. The van der Waals surface area contributed by atoms with E-state index in [-0.39, 0.29) is 5.92 Å². The van der Waals surface area contributed by atoms with Crippen LogP contribution in [0.2, 0.25) is 0 Å². The number of nitrogens with one attached hydrogen (secondary N) is 2. The molecule has 20 heavy (non-hydrogen) atoms. The third kappa shape index (κ3) is 4.53. The van der Waals surface area contributed by atoms with Gasteiger partial charge in [-0.05, 0) is 31.4 Å². The third-order valence-corrected chi connectivity index (χ3v) is 2.83. The molecule has 3 N–H and O–H groups in total. The van der Waals surface area contributed by atoms with E-state index < -0.39 is 23.9 Å². The summed E-state index contributed by atoms with van der Waals surface area (Å²) in [5.74, 6) is -1.39. The Morgan fingerprint density at radius 1 is 1.35 bits per heavy atom. The highest BCUT2D eigenvalue weighted by molar-refractivity contribution is 5.92. The van der Waals surface area contributed by atoms with E-state index in [2.05, 4.69) is 10.6 Å². The summed E-state index contributed by atoms with van der Waals surface area (Å²) in [4.78, 5) is 22.8. The number of halogens is 1. The molecule has 0 saturated carbocycles. The lowest BCUT2D eigenvalue weighted by Gasteiger charge is -2.17. The molecule has 1 aromatic carbocycles. The van der Waals surface area contributed by atoms with Crippen LogP contribution in [0.3, 0.4) is 0 Å². The van der Waals surface area contributed by atoms with Crippen LogP contribution < -0.4 is 10.6 Å². The van der Waals surface area contributed by atoms with Crippen LogP contribution in [-0.2, 0) is 4.79 Å². The fourth-order valence-electron chi connectivity index (χ4n) is 1.75. The van der Waals surface area contributed by atoms with Gasteiger partial charge in [-0.3, -0.25) is 0 Å². The summed E-state index contributed by atoms with van der Waals surface area (Å²) in [7, 11) is 0. The van der Waals surface area contributed by atoms with Crippen molar-refractivity contribution < 1.29 is 19.1 Å². The number of carbonyl (C=O) groups is 2. The van der Waals surface area contributed by atoms with Crippen LogP contribution in [-0.4, -0.2) is 23.1 Å². The molecule has 1 aromatic rings. The van der Waals surface area contributed by atoms with Gasteiger partial charge < -0.3 is 15.7 Å². The number of aliphatic carboxylic acids is 1. The van der Waals surface area contributed by atoms with E-state index in [1.807, 2.05) is 13.8 Å². The Morgan fingerprint density at radius 3 is 2.55 bits per heavy atom. The van der Waals surface area contributed by atoms with Crippen molar-refractivity contribution in [3.63, 3.8) is 0 Å². The van der Waals surface area contributed by atoms with Crippen LogP contribution in [0, 0.1) is 18.7 Å². The standard InChI is InChI=1S/C14H19FN2O3/c1-8(2)7-12(13(18)19)17-14(20)16-11-6-4-5-10(15)9(11)3/h4-6,8,12H,7H2,1-3H3,(H,18,19)(H2,16,17,20). The maximum atomic E-state index is 13.3. The zero-order chi connectivity index (χ0) is 15.3. The van der Waals surface area contributed by atoms with Crippen LogP contribution in [0.15, 0.2) is 18.2 Å². The second kappa shape index (κ2) is 6.88. The number of hydrogen-bond acceptors (Lipinski definition) is 2. The van der Waals surface area contributed by atoms with Crippen molar-refractivity contribution in [2.75, 3.05) is 5.32 Å². The third-order valence-electron chi connectivity index (χ3n) is 2.83. The Morgan fingerprint density at radius 2 is 2.00 bits per heavy atom. The highest BCUT2D eigenvalue weighted by atomic mass is 19.1. The van der Waals surface area contributed by atoms with E-state index in [1.54, 1.807) is 6.07 Å². The monoisotopic (exact) mass is 282 g/mol. The minimum Gasteiger partial charge on any atom is -0.480 e. The molecule has 0 aliphatic rings. The van der Waals surface area contributed by atoms with E-state index in [9.17, 15) is 14.0 Å². The molecular formula is C14H19FN2O3. The molecular weight excluding hydrogens is 263 g/mol. The Bertz CT molecular complexity index is 503. The number of hydrogen-bond donors (Lipinski definition) is 3. The zero-order valence-electron chi connectivity index (χ0n) is 11.7. The van der Waals surface area contributed by atoms with Crippen molar-refractivity contribution in [3.05, 3.63) is 29.6 Å². The Kier molecular flexibility index (Phi) is 5.49. The molecule has 0 aliphatic carbocycles. The van der Waals surface area contributed by atoms with Gasteiger partial charge in [-0.2, -0.15) is 0 Å². The van der Waals surface area contributed by atoms with Crippen molar-refractivity contribution >= 4 is 17.7 Å². The van der Waals surface area contributed by atoms with Gasteiger partial charge in [-0.1, -0.05) is 19.9 Å². The minimum absolute atomic E-state index is 0.132. The van der Waals surface area contributed by atoms with Crippen LogP contribution in [0.5, 0.6) is 0 Å². The predicted molar refractivity (Wildman–Crippen MR) is 74.2 cm³/mol. The number of rotatable bonds is 5. The molecule has 0 aliphatic heterocycles.